The number of ether oxygens (including phenoxy) is 2. The van der Waals surface area contributed by atoms with E-state index in [1.807, 2.05) is 26.0 Å². The van der Waals surface area contributed by atoms with Gasteiger partial charge in [0.15, 0.2) is 0 Å². The van der Waals surface area contributed by atoms with Gasteiger partial charge in [-0.25, -0.2) is 14.2 Å². The number of nitrogens with zero attached hydrogens (tertiary/aromatic N) is 1. The first-order valence-electron chi connectivity index (χ1n) is 8.94. The van der Waals surface area contributed by atoms with Gasteiger partial charge in [0.05, 0.1) is 6.20 Å². The fourth-order valence-electron chi connectivity index (χ4n) is 2.77. The van der Waals surface area contributed by atoms with E-state index in [0.29, 0.717) is 24.0 Å². The van der Waals surface area contributed by atoms with Gasteiger partial charge in [0.25, 0.3) is 0 Å². The summed E-state index contributed by atoms with van der Waals surface area (Å²) in [4.78, 5) is 14.9. The largest absolute Gasteiger partial charge is 0.487 e. The minimum absolute atomic E-state index is 0.284. The van der Waals surface area contributed by atoms with Gasteiger partial charge in [-0.15, -0.1) is 0 Å². The van der Waals surface area contributed by atoms with Crippen molar-refractivity contribution in [3.63, 3.8) is 0 Å². The monoisotopic (exact) mass is 393 g/mol. The van der Waals surface area contributed by atoms with Gasteiger partial charge >= 0.3 is 5.97 Å². The number of carbonyl (C=O) groups is 1. The molecule has 0 atom stereocenters. The molecule has 0 aliphatic heterocycles. The lowest BCUT2D eigenvalue weighted by Gasteiger charge is -2.13. The number of hydrogen-bond donors (Lipinski definition) is 1. The summed E-state index contributed by atoms with van der Waals surface area (Å²) in [5, 5.41) is 8.75. The van der Waals surface area contributed by atoms with E-state index >= 15 is 0 Å². The van der Waals surface area contributed by atoms with Crippen molar-refractivity contribution in [2.45, 2.75) is 20.5 Å². The average molecular weight is 393 g/mol. The van der Waals surface area contributed by atoms with E-state index in [4.69, 9.17) is 14.6 Å². The van der Waals surface area contributed by atoms with E-state index in [2.05, 4.69) is 4.98 Å². The first kappa shape index (κ1) is 20.1. The molecular weight excluding hydrogens is 373 g/mol. The molecule has 1 heterocycles. The van der Waals surface area contributed by atoms with Gasteiger partial charge in [0, 0.05) is 12.1 Å². The Morgan fingerprint density at radius 1 is 1.10 bits per heavy atom. The lowest BCUT2D eigenvalue weighted by molar-refractivity contribution is -0.131. The quantitative estimate of drug-likeness (QED) is 0.551. The summed E-state index contributed by atoms with van der Waals surface area (Å²) in [5.74, 6) is 0.383. The predicted octanol–water partition coefficient (Wildman–Crippen LogP) is 5.31. The molecule has 6 heteroatoms. The van der Waals surface area contributed by atoms with Crippen LogP contribution in [0.25, 0.3) is 6.08 Å². The Kier molecular flexibility index (Phi) is 6.24. The number of carboxylic acids is 1. The molecule has 29 heavy (non-hydrogen) atoms. The van der Waals surface area contributed by atoms with Crippen molar-refractivity contribution in [1.29, 1.82) is 0 Å². The number of halogens is 1. The van der Waals surface area contributed by atoms with Gasteiger partial charge in [0.1, 0.15) is 23.9 Å². The van der Waals surface area contributed by atoms with Crippen LogP contribution in [-0.4, -0.2) is 16.1 Å². The summed E-state index contributed by atoms with van der Waals surface area (Å²) in [7, 11) is 0. The maximum Gasteiger partial charge on any atom is 0.328 e. The van der Waals surface area contributed by atoms with Crippen LogP contribution >= 0.6 is 0 Å². The standard InChI is InChI=1S/C23H20FNO4/c1-15-11-18(5-10-22(26)27)12-16(2)23(15)29-21-9-8-20(13-25-21)28-14-17-3-6-19(24)7-4-17/h3-13H,14H2,1-2H3,(H,26,27)/b10-5+. The van der Waals surface area contributed by atoms with Crippen molar-refractivity contribution in [2.75, 3.05) is 0 Å². The summed E-state index contributed by atoms with van der Waals surface area (Å²) < 4.78 is 24.5. The van der Waals surface area contributed by atoms with E-state index in [0.717, 1.165) is 28.3 Å². The Hall–Kier alpha value is -3.67. The molecule has 1 aromatic heterocycles. The summed E-state index contributed by atoms with van der Waals surface area (Å²) >= 11 is 0. The van der Waals surface area contributed by atoms with Crippen molar-refractivity contribution in [3.8, 4) is 17.4 Å². The highest BCUT2D eigenvalue weighted by Crippen LogP contribution is 2.30. The second kappa shape index (κ2) is 9.01. The molecule has 0 bridgehead atoms. The van der Waals surface area contributed by atoms with Gasteiger partial charge in [0.2, 0.25) is 5.88 Å². The van der Waals surface area contributed by atoms with Crippen LogP contribution < -0.4 is 9.47 Å². The Balaban J connectivity index is 1.66. The van der Waals surface area contributed by atoms with Crippen molar-refractivity contribution >= 4 is 12.0 Å². The molecule has 0 spiro atoms. The smallest absolute Gasteiger partial charge is 0.328 e. The number of carboxylic acid groups (broad SMARTS) is 1. The summed E-state index contributed by atoms with van der Waals surface area (Å²) in [6, 6.07) is 13.3. The molecule has 3 rings (SSSR count). The normalized spacial score (nSPS) is 10.9. The van der Waals surface area contributed by atoms with Gasteiger partial charge in [-0.05, 0) is 72.5 Å². The summed E-state index contributed by atoms with van der Waals surface area (Å²) in [6.07, 6.45) is 4.20. The highest BCUT2D eigenvalue weighted by atomic mass is 19.1. The number of aliphatic carboxylic acids is 1. The zero-order chi connectivity index (χ0) is 20.8. The molecule has 0 saturated carbocycles. The minimum Gasteiger partial charge on any atom is -0.487 e. The van der Waals surface area contributed by atoms with E-state index < -0.39 is 5.97 Å². The van der Waals surface area contributed by atoms with E-state index in [1.165, 1.54) is 18.2 Å². The number of aryl methyl sites for hydroxylation is 2. The molecule has 148 valence electrons. The van der Waals surface area contributed by atoms with Crippen molar-refractivity contribution in [3.05, 3.63) is 88.9 Å². The van der Waals surface area contributed by atoms with Crippen LogP contribution in [0.2, 0.25) is 0 Å². The predicted molar refractivity (Wildman–Crippen MR) is 108 cm³/mol. The second-order valence-corrected chi connectivity index (χ2v) is 6.50. The molecule has 2 aromatic carbocycles. The average Bonchev–Trinajstić information content (AvgIpc) is 2.69. The second-order valence-electron chi connectivity index (χ2n) is 6.50. The number of benzene rings is 2. The van der Waals surface area contributed by atoms with Crippen LogP contribution in [0.3, 0.4) is 0 Å². The lowest BCUT2D eigenvalue weighted by Crippen LogP contribution is -1.97. The van der Waals surface area contributed by atoms with Crippen molar-refractivity contribution in [2.24, 2.45) is 0 Å². The van der Waals surface area contributed by atoms with Crippen LogP contribution in [0.5, 0.6) is 17.4 Å². The molecule has 0 fully saturated rings. The maximum absolute atomic E-state index is 12.9. The zero-order valence-electron chi connectivity index (χ0n) is 16.1. The highest BCUT2D eigenvalue weighted by Gasteiger charge is 2.08. The molecule has 0 saturated heterocycles. The number of hydrogen-bond acceptors (Lipinski definition) is 4. The minimum atomic E-state index is -0.994. The molecule has 1 N–H and O–H groups in total. The Bertz CT molecular complexity index is 1000. The van der Waals surface area contributed by atoms with Crippen LogP contribution in [0.4, 0.5) is 4.39 Å². The zero-order valence-corrected chi connectivity index (χ0v) is 16.1. The third-order valence-corrected chi connectivity index (χ3v) is 4.14. The first-order chi connectivity index (χ1) is 13.9. The fraction of sp³-hybridized carbons (Fsp3) is 0.130. The first-order valence-corrected chi connectivity index (χ1v) is 8.94. The summed E-state index contributed by atoms with van der Waals surface area (Å²) in [5.41, 5.74) is 3.38. The van der Waals surface area contributed by atoms with E-state index in [-0.39, 0.29) is 5.82 Å². The number of rotatable bonds is 7. The Labute approximate surface area is 168 Å². The molecule has 0 unspecified atom stereocenters. The SMILES string of the molecule is Cc1cc(/C=C/C(=O)O)cc(C)c1Oc1ccc(OCc2ccc(F)cc2)cn1. The van der Waals surface area contributed by atoms with E-state index in [1.54, 1.807) is 30.5 Å². The highest BCUT2D eigenvalue weighted by molar-refractivity contribution is 5.85. The van der Waals surface area contributed by atoms with Gasteiger partial charge in [-0.2, -0.15) is 0 Å². The molecule has 0 aliphatic carbocycles. The Morgan fingerprint density at radius 3 is 2.38 bits per heavy atom. The van der Waals surface area contributed by atoms with Crippen LogP contribution in [0.1, 0.15) is 22.3 Å². The molecule has 3 aromatic rings. The van der Waals surface area contributed by atoms with Crippen LogP contribution in [0, 0.1) is 19.7 Å². The molecular formula is C23H20FNO4. The van der Waals surface area contributed by atoms with Crippen molar-refractivity contribution in [1.82, 2.24) is 4.98 Å². The molecule has 0 aliphatic rings. The Morgan fingerprint density at radius 2 is 1.79 bits per heavy atom. The fourth-order valence-corrected chi connectivity index (χ4v) is 2.77. The third-order valence-electron chi connectivity index (χ3n) is 4.14. The lowest BCUT2D eigenvalue weighted by atomic mass is 10.1. The van der Waals surface area contributed by atoms with Gasteiger partial charge < -0.3 is 14.6 Å². The number of aromatic nitrogens is 1. The topological polar surface area (TPSA) is 68.7 Å². The summed E-state index contributed by atoms with van der Waals surface area (Å²) in [6.45, 7) is 4.09. The van der Waals surface area contributed by atoms with Gasteiger partial charge in [-0.3, -0.25) is 0 Å². The van der Waals surface area contributed by atoms with Crippen LogP contribution in [0.15, 0.2) is 60.8 Å². The third kappa shape index (κ3) is 5.65. The molecule has 0 amide bonds. The van der Waals surface area contributed by atoms with Crippen molar-refractivity contribution < 1.29 is 23.8 Å². The molecule has 5 nitrogen and oxygen atoms in total. The molecule has 0 radical (unpaired) electrons. The van der Waals surface area contributed by atoms with Gasteiger partial charge in [-0.1, -0.05) is 12.1 Å². The van der Waals surface area contributed by atoms with Crippen LogP contribution in [-0.2, 0) is 11.4 Å². The number of pyridine rings is 1. The maximum atomic E-state index is 12.9. The van der Waals surface area contributed by atoms with E-state index in [9.17, 15) is 9.18 Å².